The minimum absolute atomic E-state index is 0.167. The molecule has 12 aromatic carbocycles. The van der Waals surface area contributed by atoms with Gasteiger partial charge in [0.1, 0.15) is 0 Å². The molecule has 12 aromatic rings. The summed E-state index contributed by atoms with van der Waals surface area (Å²) < 4.78 is 0. The van der Waals surface area contributed by atoms with Crippen LogP contribution in [0.3, 0.4) is 0 Å². The van der Waals surface area contributed by atoms with Gasteiger partial charge in [0, 0.05) is 22.6 Å². The van der Waals surface area contributed by atoms with E-state index in [1.54, 1.807) is 0 Å². The molecule has 0 amide bonds. The zero-order valence-corrected chi connectivity index (χ0v) is 40.0. The average molecular weight is 939 g/mol. The van der Waals surface area contributed by atoms with E-state index < -0.39 is 0 Å². The molecule has 1 heterocycles. The molecule has 0 radical (unpaired) electrons. The van der Waals surface area contributed by atoms with Crippen molar-refractivity contribution in [2.45, 2.75) is 12.0 Å². The molecule has 0 N–H and O–H groups in total. The van der Waals surface area contributed by atoms with Crippen LogP contribution in [0.1, 0.15) is 39.3 Å². The Bertz CT molecular complexity index is 4450. The maximum atomic E-state index is 9.51. The van der Waals surface area contributed by atoms with Crippen molar-refractivity contribution in [1.82, 2.24) is 0 Å². The number of rotatable bonds is 6. The molecule has 4 nitrogen and oxygen atoms in total. The number of hydrogen-bond donors (Lipinski definition) is 0. The minimum Gasteiger partial charge on any atom is -0.257 e. The SMILES string of the molecule is N#Cc1ccc(-c2ccc(C3=NC4C(=CC(c5ccc6c7ccccc7c7ccccc7c6c5)=CC4c4ccc5c6ccccc6c6ccccc6c5c4)C(c4ccc(-c5ccc(C#N)cc5)cc4)=N3)cc2)cc1. The van der Waals surface area contributed by atoms with Crippen LogP contribution in [0.15, 0.2) is 258 Å². The summed E-state index contributed by atoms with van der Waals surface area (Å²) in [7, 11) is 0. The molecule has 0 fully saturated rings. The van der Waals surface area contributed by atoms with Gasteiger partial charge in [0.2, 0.25) is 0 Å². The topological polar surface area (TPSA) is 72.3 Å². The van der Waals surface area contributed by atoms with Gasteiger partial charge in [-0.05, 0) is 146 Å². The van der Waals surface area contributed by atoms with Gasteiger partial charge in [-0.1, -0.05) is 200 Å². The number of hydrogen-bond acceptors (Lipinski definition) is 4. The predicted molar refractivity (Wildman–Crippen MR) is 307 cm³/mol. The summed E-state index contributed by atoms with van der Waals surface area (Å²) in [4.78, 5) is 11.3. The molecule has 74 heavy (non-hydrogen) atoms. The third-order valence-electron chi connectivity index (χ3n) is 15.3. The maximum Gasteiger partial charge on any atom is 0.155 e. The van der Waals surface area contributed by atoms with E-state index in [2.05, 4.69) is 206 Å². The molecule has 0 saturated heterocycles. The molecular weight excluding hydrogens is 897 g/mol. The normalized spacial score (nSPS) is 15.3. The van der Waals surface area contributed by atoms with Crippen LogP contribution in [0.2, 0.25) is 0 Å². The lowest BCUT2D eigenvalue weighted by molar-refractivity contribution is 0.697. The fourth-order valence-corrected chi connectivity index (χ4v) is 11.6. The van der Waals surface area contributed by atoms with E-state index in [9.17, 15) is 10.5 Å². The van der Waals surface area contributed by atoms with Crippen LogP contribution in [0.4, 0.5) is 0 Å². The number of fused-ring (bicyclic) bond motifs is 13. The van der Waals surface area contributed by atoms with Crippen molar-refractivity contribution in [1.29, 1.82) is 10.5 Å². The summed E-state index contributed by atoms with van der Waals surface area (Å²) in [6.45, 7) is 0. The van der Waals surface area contributed by atoms with Gasteiger partial charge in [-0.3, -0.25) is 4.99 Å². The first-order chi connectivity index (χ1) is 36.6. The summed E-state index contributed by atoms with van der Waals surface area (Å²) in [5.41, 5.74) is 12.7. The number of aliphatic imine (C=N–C) groups is 2. The van der Waals surface area contributed by atoms with E-state index >= 15 is 0 Å². The highest BCUT2D eigenvalue weighted by Crippen LogP contribution is 2.45. The highest BCUT2D eigenvalue weighted by atomic mass is 15.0. The molecule has 0 bridgehead atoms. The number of nitrogens with zero attached hydrogens (tertiary/aromatic N) is 4. The Kier molecular flexibility index (Phi) is 10.1. The smallest absolute Gasteiger partial charge is 0.155 e. The van der Waals surface area contributed by atoms with E-state index in [1.165, 1.54) is 70.2 Å². The molecule has 2 unspecified atom stereocenters. The van der Waals surface area contributed by atoms with Crippen molar-refractivity contribution in [3.05, 3.63) is 282 Å². The summed E-state index contributed by atoms with van der Waals surface area (Å²) >= 11 is 0. The Hall–Kier alpha value is -10.0. The lowest BCUT2D eigenvalue weighted by Crippen LogP contribution is -2.31. The number of benzene rings is 12. The molecule has 0 spiro atoms. The van der Waals surface area contributed by atoms with Crippen molar-refractivity contribution in [3.8, 4) is 34.4 Å². The quantitative estimate of drug-likeness (QED) is 0.156. The molecule has 0 aromatic heterocycles. The molecular formula is C70H42N4. The molecule has 14 rings (SSSR count). The lowest BCUT2D eigenvalue weighted by Gasteiger charge is -2.33. The van der Waals surface area contributed by atoms with E-state index in [0.717, 1.165) is 55.8 Å². The van der Waals surface area contributed by atoms with Crippen LogP contribution in [-0.4, -0.2) is 17.6 Å². The molecule has 1 aliphatic carbocycles. The van der Waals surface area contributed by atoms with Crippen molar-refractivity contribution >= 4 is 81.8 Å². The zero-order valence-electron chi connectivity index (χ0n) is 40.0. The standard InChI is InChI=1S/C70H42N4/c71-41-43-17-21-45(22-18-43)47-25-29-49(30-26-47)68-67-40-53(51-33-35-62-58-13-3-1-9-54(58)56-11-5-7-15-60(56)65(62)37-51)39-64(52-34-36-63-59-14-4-2-10-55(59)57-12-6-8-16-61(57)66(63)38-52)69(67)74-70(73-68)50-31-27-48(28-32-50)46-23-19-44(42-72)20-24-46/h1-40,64,69H. The summed E-state index contributed by atoms with van der Waals surface area (Å²) in [5.74, 6) is 0.507. The Morgan fingerprint density at radius 3 is 1.16 bits per heavy atom. The van der Waals surface area contributed by atoms with Crippen molar-refractivity contribution in [2.75, 3.05) is 0 Å². The van der Waals surface area contributed by atoms with Crippen LogP contribution in [-0.2, 0) is 0 Å². The fourth-order valence-electron chi connectivity index (χ4n) is 11.6. The Balaban J connectivity index is 0.984. The molecule has 1 aliphatic heterocycles. The van der Waals surface area contributed by atoms with Gasteiger partial charge < -0.3 is 0 Å². The molecule has 2 atom stereocenters. The van der Waals surface area contributed by atoms with Gasteiger partial charge in [0.05, 0.1) is 35.0 Å². The molecule has 2 aliphatic rings. The highest BCUT2D eigenvalue weighted by Gasteiger charge is 2.36. The van der Waals surface area contributed by atoms with Gasteiger partial charge in [0.25, 0.3) is 0 Å². The van der Waals surface area contributed by atoms with Gasteiger partial charge in [-0.15, -0.1) is 0 Å². The first-order valence-corrected chi connectivity index (χ1v) is 25.1. The van der Waals surface area contributed by atoms with Crippen LogP contribution in [0, 0.1) is 22.7 Å². The van der Waals surface area contributed by atoms with E-state index in [0.29, 0.717) is 17.0 Å². The zero-order chi connectivity index (χ0) is 49.3. The second-order valence-electron chi connectivity index (χ2n) is 19.4. The Morgan fingerprint density at radius 2 is 0.703 bits per heavy atom. The second kappa shape index (κ2) is 17.4. The van der Waals surface area contributed by atoms with Crippen molar-refractivity contribution in [3.63, 3.8) is 0 Å². The van der Waals surface area contributed by atoms with Gasteiger partial charge in [-0.2, -0.15) is 10.5 Å². The Morgan fingerprint density at radius 1 is 0.338 bits per heavy atom. The number of allylic oxidation sites excluding steroid dienone is 2. The first kappa shape index (κ1) is 42.8. The lowest BCUT2D eigenvalue weighted by atomic mass is 9.76. The third kappa shape index (κ3) is 7.12. The second-order valence-corrected chi connectivity index (χ2v) is 19.4. The van der Waals surface area contributed by atoms with Crippen LogP contribution in [0.5, 0.6) is 0 Å². The average Bonchev–Trinajstić information content (AvgIpc) is 3.51. The number of amidine groups is 1. The molecule has 342 valence electrons. The van der Waals surface area contributed by atoms with Crippen LogP contribution < -0.4 is 0 Å². The monoisotopic (exact) mass is 938 g/mol. The summed E-state index contributed by atoms with van der Waals surface area (Å²) in [6, 6.07) is 85.9. The van der Waals surface area contributed by atoms with E-state index in [-0.39, 0.29) is 12.0 Å². The van der Waals surface area contributed by atoms with Crippen molar-refractivity contribution in [2.24, 2.45) is 9.98 Å². The fraction of sp³-hybridized carbons (Fsp3) is 0.0286. The van der Waals surface area contributed by atoms with Crippen LogP contribution >= 0.6 is 0 Å². The largest absolute Gasteiger partial charge is 0.257 e. The summed E-state index contributed by atoms with van der Waals surface area (Å²) in [6.07, 6.45) is 4.80. The minimum atomic E-state index is -0.313. The first-order valence-electron chi connectivity index (χ1n) is 25.1. The molecule has 0 saturated carbocycles. The predicted octanol–water partition coefficient (Wildman–Crippen LogP) is 17.1. The number of nitriles is 2. The third-order valence-corrected chi connectivity index (χ3v) is 15.3. The maximum absolute atomic E-state index is 9.51. The molecule has 4 heteroatoms. The van der Waals surface area contributed by atoms with E-state index in [4.69, 9.17) is 9.98 Å². The van der Waals surface area contributed by atoms with Crippen molar-refractivity contribution < 1.29 is 0 Å². The summed E-state index contributed by atoms with van der Waals surface area (Å²) in [5, 5.41) is 33.8. The van der Waals surface area contributed by atoms with E-state index in [1.807, 2.05) is 48.5 Å². The van der Waals surface area contributed by atoms with Crippen LogP contribution in [0.25, 0.3) is 92.5 Å². The Labute approximate surface area is 428 Å². The van der Waals surface area contributed by atoms with Gasteiger partial charge in [0.15, 0.2) is 5.84 Å². The van der Waals surface area contributed by atoms with Gasteiger partial charge >= 0.3 is 0 Å². The van der Waals surface area contributed by atoms with Gasteiger partial charge in [-0.25, -0.2) is 4.99 Å². The highest BCUT2D eigenvalue weighted by molar-refractivity contribution is 6.27.